The van der Waals surface area contributed by atoms with Crippen molar-refractivity contribution in [2.45, 2.75) is 0 Å². The first-order valence-corrected chi connectivity index (χ1v) is 3.08. The van der Waals surface area contributed by atoms with Crippen molar-refractivity contribution >= 4 is 12.1 Å². The standard InChI is InChI=1S/C4H11N5O3/c5-3(10)9-7-1-2-12-4(11)8-6/h7H,1-2,6H2,(H,8,11)(H3,5,9,10). The van der Waals surface area contributed by atoms with Crippen LogP contribution >= 0.6 is 0 Å². The van der Waals surface area contributed by atoms with E-state index in [1.54, 1.807) is 5.43 Å². The SMILES string of the molecule is NNC(=O)OCCNNC(N)=O. The quantitative estimate of drug-likeness (QED) is 0.143. The van der Waals surface area contributed by atoms with Crippen molar-refractivity contribution in [2.24, 2.45) is 11.6 Å². The molecule has 12 heavy (non-hydrogen) atoms. The number of rotatable bonds is 4. The molecule has 0 aliphatic rings. The van der Waals surface area contributed by atoms with Crippen LogP contribution in [0.5, 0.6) is 0 Å². The minimum atomic E-state index is -0.740. The smallest absolute Gasteiger partial charge is 0.421 e. The Kier molecular flexibility index (Phi) is 5.39. The summed E-state index contributed by atoms with van der Waals surface area (Å²) < 4.78 is 4.44. The molecule has 8 nitrogen and oxygen atoms in total. The van der Waals surface area contributed by atoms with Gasteiger partial charge in [0.05, 0.1) is 0 Å². The van der Waals surface area contributed by atoms with E-state index in [2.05, 4.69) is 15.6 Å². The van der Waals surface area contributed by atoms with E-state index in [1.165, 1.54) is 0 Å². The third-order valence-electron chi connectivity index (χ3n) is 0.790. The summed E-state index contributed by atoms with van der Waals surface area (Å²) in [4.78, 5) is 20.4. The van der Waals surface area contributed by atoms with E-state index >= 15 is 0 Å². The predicted molar refractivity (Wildman–Crippen MR) is 39.4 cm³/mol. The summed E-state index contributed by atoms with van der Waals surface area (Å²) in [5, 5.41) is 0. The Hall–Kier alpha value is -1.54. The number of carbonyl (C=O) groups is 2. The second kappa shape index (κ2) is 6.19. The van der Waals surface area contributed by atoms with E-state index in [4.69, 9.17) is 11.6 Å². The van der Waals surface area contributed by atoms with Crippen LogP contribution in [0.25, 0.3) is 0 Å². The van der Waals surface area contributed by atoms with Crippen molar-refractivity contribution in [3.8, 4) is 0 Å². The van der Waals surface area contributed by atoms with Crippen molar-refractivity contribution in [3.05, 3.63) is 0 Å². The Morgan fingerprint density at radius 2 is 2.08 bits per heavy atom. The number of urea groups is 1. The molecule has 0 aromatic heterocycles. The van der Waals surface area contributed by atoms with Gasteiger partial charge in [0.1, 0.15) is 6.61 Å². The van der Waals surface area contributed by atoms with Crippen LogP contribution in [-0.4, -0.2) is 25.3 Å². The molecule has 0 rings (SSSR count). The van der Waals surface area contributed by atoms with Gasteiger partial charge < -0.3 is 10.5 Å². The maximum absolute atomic E-state index is 10.3. The molecule has 0 spiro atoms. The molecule has 70 valence electrons. The monoisotopic (exact) mass is 177 g/mol. The van der Waals surface area contributed by atoms with Crippen LogP contribution in [0.1, 0.15) is 0 Å². The van der Waals surface area contributed by atoms with Crippen molar-refractivity contribution < 1.29 is 14.3 Å². The second-order valence-corrected chi connectivity index (χ2v) is 1.70. The zero-order valence-corrected chi connectivity index (χ0v) is 6.29. The van der Waals surface area contributed by atoms with E-state index in [0.29, 0.717) is 0 Å². The highest BCUT2D eigenvalue weighted by Crippen LogP contribution is 1.71. The molecule has 7 N–H and O–H groups in total. The first-order chi connectivity index (χ1) is 5.66. The summed E-state index contributed by atoms with van der Waals surface area (Å²) in [5.41, 5.74) is 10.9. The molecule has 0 aliphatic heterocycles. The lowest BCUT2D eigenvalue weighted by molar-refractivity contribution is 0.146. The summed E-state index contributed by atoms with van der Waals surface area (Å²) in [6.45, 7) is 0.319. The Morgan fingerprint density at radius 1 is 1.42 bits per heavy atom. The lowest BCUT2D eigenvalue weighted by Gasteiger charge is -2.04. The minimum Gasteiger partial charge on any atom is -0.447 e. The fourth-order valence-corrected chi connectivity index (χ4v) is 0.386. The van der Waals surface area contributed by atoms with Crippen molar-refractivity contribution in [3.63, 3.8) is 0 Å². The average molecular weight is 177 g/mol. The second-order valence-electron chi connectivity index (χ2n) is 1.70. The first-order valence-electron chi connectivity index (χ1n) is 3.08. The molecular weight excluding hydrogens is 166 g/mol. The molecule has 0 unspecified atom stereocenters. The van der Waals surface area contributed by atoms with E-state index in [1.807, 2.05) is 0 Å². The molecule has 0 saturated carbocycles. The number of ether oxygens (including phenoxy) is 1. The lowest BCUT2D eigenvalue weighted by Crippen LogP contribution is -2.43. The molecule has 8 heteroatoms. The van der Waals surface area contributed by atoms with Crippen molar-refractivity contribution in [2.75, 3.05) is 13.2 Å². The number of hydrogen-bond donors (Lipinski definition) is 5. The highest BCUT2D eigenvalue weighted by Gasteiger charge is 1.96. The normalized spacial score (nSPS) is 8.75. The van der Waals surface area contributed by atoms with Gasteiger partial charge in [-0.2, -0.15) is 0 Å². The van der Waals surface area contributed by atoms with Gasteiger partial charge in [0.2, 0.25) is 0 Å². The average Bonchev–Trinajstić information content (AvgIpc) is 2.03. The van der Waals surface area contributed by atoms with E-state index in [0.717, 1.165) is 0 Å². The van der Waals surface area contributed by atoms with Crippen LogP contribution in [0.4, 0.5) is 9.59 Å². The van der Waals surface area contributed by atoms with Crippen molar-refractivity contribution in [1.29, 1.82) is 0 Å². The van der Waals surface area contributed by atoms with Gasteiger partial charge in [-0.15, -0.1) is 0 Å². The third kappa shape index (κ3) is 6.58. The zero-order chi connectivity index (χ0) is 9.40. The van der Waals surface area contributed by atoms with E-state index in [-0.39, 0.29) is 13.2 Å². The molecule has 0 saturated heterocycles. The highest BCUT2D eigenvalue weighted by atomic mass is 16.6. The van der Waals surface area contributed by atoms with Crippen LogP contribution in [0.15, 0.2) is 0 Å². The number of hydrazine groups is 2. The van der Waals surface area contributed by atoms with Gasteiger partial charge in [-0.05, 0) is 0 Å². The summed E-state index contributed by atoms with van der Waals surface area (Å²) in [5.74, 6) is 4.70. The van der Waals surface area contributed by atoms with Crippen LogP contribution < -0.4 is 27.9 Å². The largest absolute Gasteiger partial charge is 0.447 e. The number of nitrogens with one attached hydrogen (secondary N) is 3. The number of carbonyl (C=O) groups excluding carboxylic acids is 2. The minimum absolute atomic E-state index is 0.0727. The van der Waals surface area contributed by atoms with Gasteiger partial charge >= 0.3 is 12.1 Å². The molecule has 0 fully saturated rings. The van der Waals surface area contributed by atoms with E-state index in [9.17, 15) is 9.59 Å². The predicted octanol–water partition coefficient (Wildman–Crippen LogP) is -2.24. The van der Waals surface area contributed by atoms with Crippen LogP contribution in [-0.2, 0) is 4.74 Å². The summed E-state index contributed by atoms with van der Waals surface area (Å²) >= 11 is 0. The third-order valence-corrected chi connectivity index (χ3v) is 0.790. The molecule has 0 aliphatic carbocycles. The number of nitrogens with two attached hydrogens (primary N) is 2. The topological polar surface area (TPSA) is 132 Å². The number of amides is 3. The molecule has 3 amide bonds. The molecular formula is C4H11N5O3. The fraction of sp³-hybridized carbons (Fsp3) is 0.500. The maximum Gasteiger partial charge on any atom is 0.421 e. The number of primary amides is 1. The summed E-state index contributed by atoms with van der Waals surface area (Å²) in [6.07, 6.45) is -0.740. The van der Waals surface area contributed by atoms with Crippen LogP contribution in [0, 0.1) is 0 Å². The van der Waals surface area contributed by atoms with Gasteiger partial charge in [0.15, 0.2) is 0 Å². The molecule has 0 atom stereocenters. The lowest BCUT2D eigenvalue weighted by atomic mass is 10.7. The van der Waals surface area contributed by atoms with Crippen LogP contribution in [0.2, 0.25) is 0 Å². The number of hydrogen-bond acceptors (Lipinski definition) is 5. The Morgan fingerprint density at radius 3 is 2.58 bits per heavy atom. The fourth-order valence-electron chi connectivity index (χ4n) is 0.386. The highest BCUT2D eigenvalue weighted by molar-refractivity contribution is 5.70. The molecule has 0 aromatic carbocycles. The van der Waals surface area contributed by atoms with Gasteiger partial charge in [0.25, 0.3) is 0 Å². The molecule has 0 radical (unpaired) electrons. The summed E-state index contributed by atoms with van der Waals surface area (Å²) in [6, 6.07) is -0.710. The van der Waals surface area contributed by atoms with Gasteiger partial charge in [-0.3, -0.25) is 10.9 Å². The van der Waals surface area contributed by atoms with Crippen molar-refractivity contribution in [1.82, 2.24) is 16.3 Å². The zero-order valence-electron chi connectivity index (χ0n) is 6.29. The van der Waals surface area contributed by atoms with Gasteiger partial charge in [-0.25, -0.2) is 20.9 Å². The van der Waals surface area contributed by atoms with Crippen LogP contribution in [0.3, 0.4) is 0 Å². The first kappa shape index (κ1) is 10.5. The van der Waals surface area contributed by atoms with Gasteiger partial charge in [0, 0.05) is 6.54 Å². The van der Waals surface area contributed by atoms with E-state index < -0.39 is 12.1 Å². The maximum atomic E-state index is 10.3. The Bertz CT molecular complexity index is 161. The Balaban J connectivity index is 3.11. The van der Waals surface area contributed by atoms with Gasteiger partial charge in [-0.1, -0.05) is 0 Å². The molecule has 0 bridgehead atoms. The molecule has 0 heterocycles. The Labute approximate surface area is 68.5 Å². The molecule has 0 aromatic rings. The summed E-state index contributed by atoms with van der Waals surface area (Å²) in [7, 11) is 0.